The van der Waals surface area contributed by atoms with E-state index >= 15 is 0 Å². The molecule has 1 aliphatic rings. The van der Waals surface area contributed by atoms with E-state index in [9.17, 15) is 9.59 Å². The summed E-state index contributed by atoms with van der Waals surface area (Å²) in [5, 5.41) is 6.24. The molecule has 0 saturated carbocycles. The summed E-state index contributed by atoms with van der Waals surface area (Å²) in [5.41, 5.74) is 3.00. The normalized spacial score (nSPS) is 20.0. The van der Waals surface area contributed by atoms with Gasteiger partial charge in [-0.05, 0) is 57.4 Å². The molecule has 0 aromatic heterocycles. The molecule has 1 aromatic rings. The Hall–Kier alpha value is -1.59. The van der Waals surface area contributed by atoms with Gasteiger partial charge in [-0.3, -0.25) is 9.59 Å². The van der Waals surface area contributed by atoms with E-state index in [1.54, 1.807) is 11.9 Å². The van der Waals surface area contributed by atoms with Gasteiger partial charge in [-0.1, -0.05) is 12.1 Å². The molecule has 2 N–H and O–H groups in total. The first-order chi connectivity index (χ1) is 10.9. The fourth-order valence-corrected chi connectivity index (χ4v) is 3.04. The maximum Gasteiger partial charge on any atom is 0.243 e. The average Bonchev–Trinajstić information content (AvgIpc) is 2.51. The predicted octanol–water partition coefficient (Wildman–Crippen LogP) is 2.51. The van der Waals surface area contributed by atoms with Crippen molar-refractivity contribution < 1.29 is 9.59 Å². The van der Waals surface area contributed by atoms with Crippen LogP contribution in [0.1, 0.15) is 30.9 Å². The standard InChI is InChI=1S/C18H27N3O2.ClH/c1-12-6-5-7-16(14(12)3)20-17(22)11-21(4)18(23)15-8-9-19-13(2)10-15;/h5-7,13,15,19H,8-11H2,1-4H3,(H,20,22);1H/t13-,15-;/m0./s1. The van der Waals surface area contributed by atoms with Crippen molar-refractivity contribution in [2.24, 2.45) is 5.92 Å². The van der Waals surface area contributed by atoms with Crippen molar-refractivity contribution in [1.29, 1.82) is 0 Å². The number of anilines is 1. The van der Waals surface area contributed by atoms with Crippen LogP contribution in [0.5, 0.6) is 0 Å². The summed E-state index contributed by atoms with van der Waals surface area (Å²) in [6, 6.07) is 6.17. The maximum absolute atomic E-state index is 12.5. The second kappa shape index (κ2) is 9.04. The topological polar surface area (TPSA) is 61.4 Å². The number of nitrogens with zero attached hydrogens (tertiary/aromatic N) is 1. The lowest BCUT2D eigenvalue weighted by Crippen LogP contribution is -2.44. The van der Waals surface area contributed by atoms with E-state index in [1.807, 2.05) is 32.0 Å². The molecule has 2 amide bonds. The molecular formula is C18H28ClN3O2. The van der Waals surface area contributed by atoms with Crippen LogP contribution in [-0.2, 0) is 9.59 Å². The van der Waals surface area contributed by atoms with Crippen molar-refractivity contribution >= 4 is 29.9 Å². The second-order valence-corrected chi connectivity index (χ2v) is 6.57. The van der Waals surface area contributed by atoms with Crippen LogP contribution < -0.4 is 10.6 Å². The molecule has 0 unspecified atom stereocenters. The molecule has 1 heterocycles. The summed E-state index contributed by atoms with van der Waals surface area (Å²) in [6.07, 6.45) is 1.67. The Morgan fingerprint density at radius 2 is 2.04 bits per heavy atom. The van der Waals surface area contributed by atoms with E-state index < -0.39 is 0 Å². The largest absolute Gasteiger partial charge is 0.336 e. The van der Waals surface area contributed by atoms with Crippen molar-refractivity contribution in [2.45, 2.75) is 39.7 Å². The third-order valence-corrected chi connectivity index (χ3v) is 4.61. The first kappa shape index (κ1) is 20.5. The molecular weight excluding hydrogens is 326 g/mol. The van der Waals surface area contributed by atoms with Gasteiger partial charge in [0, 0.05) is 24.7 Å². The zero-order valence-electron chi connectivity index (χ0n) is 14.9. The first-order valence-electron chi connectivity index (χ1n) is 8.23. The molecule has 1 aromatic carbocycles. The van der Waals surface area contributed by atoms with Crippen molar-refractivity contribution in [2.75, 3.05) is 25.5 Å². The number of amides is 2. The Kier molecular flexibility index (Phi) is 7.70. The Bertz CT molecular complexity index is 592. The summed E-state index contributed by atoms with van der Waals surface area (Å²) in [4.78, 5) is 26.2. The number of benzene rings is 1. The molecule has 0 spiro atoms. The number of halogens is 1. The quantitative estimate of drug-likeness (QED) is 0.874. The molecule has 0 bridgehead atoms. The number of carbonyl (C=O) groups excluding carboxylic acids is 2. The number of hydrogen-bond acceptors (Lipinski definition) is 3. The van der Waals surface area contributed by atoms with Crippen LogP contribution >= 0.6 is 12.4 Å². The molecule has 5 nitrogen and oxygen atoms in total. The van der Waals surface area contributed by atoms with Crippen molar-refractivity contribution in [3.8, 4) is 0 Å². The number of rotatable bonds is 4. The minimum Gasteiger partial charge on any atom is -0.336 e. The molecule has 0 radical (unpaired) electrons. The number of aryl methyl sites for hydroxylation is 1. The fraction of sp³-hybridized carbons (Fsp3) is 0.556. The van der Waals surface area contributed by atoms with Crippen molar-refractivity contribution in [1.82, 2.24) is 10.2 Å². The molecule has 24 heavy (non-hydrogen) atoms. The monoisotopic (exact) mass is 353 g/mol. The number of nitrogens with one attached hydrogen (secondary N) is 2. The molecule has 6 heteroatoms. The molecule has 1 aliphatic heterocycles. The van der Waals surface area contributed by atoms with Gasteiger partial charge in [0.2, 0.25) is 11.8 Å². The van der Waals surface area contributed by atoms with Gasteiger partial charge in [-0.2, -0.15) is 0 Å². The smallest absolute Gasteiger partial charge is 0.243 e. The van der Waals surface area contributed by atoms with E-state index in [0.717, 1.165) is 36.2 Å². The minimum atomic E-state index is -0.156. The van der Waals surface area contributed by atoms with Gasteiger partial charge >= 0.3 is 0 Å². The lowest BCUT2D eigenvalue weighted by atomic mass is 9.92. The van der Waals surface area contributed by atoms with E-state index in [-0.39, 0.29) is 36.7 Å². The van der Waals surface area contributed by atoms with Crippen LogP contribution in [0.4, 0.5) is 5.69 Å². The minimum absolute atomic E-state index is 0. The van der Waals surface area contributed by atoms with Gasteiger partial charge in [0.15, 0.2) is 0 Å². The maximum atomic E-state index is 12.5. The van der Waals surface area contributed by atoms with Gasteiger partial charge in [-0.25, -0.2) is 0 Å². The van der Waals surface area contributed by atoms with Crippen LogP contribution in [0.25, 0.3) is 0 Å². The number of carbonyl (C=O) groups is 2. The van der Waals surface area contributed by atoms with Crippen molar-refractivity contribution in [3.63, 3.8) is 0 Å². The third kappa shape index (κ3) is 5.21. The average molecular weight is 354 g/mol. The summed E-state index contributed by atoms with van der Waals surface area (Å²) >= 11 is 0. The molecule has 1 fully saturated rings. The Morgan fingerprint density at radius 3 is 2.71 bits per heavy atom. The predicted molar refractivity (Wildman–Crippen MR) is 99.6 cm³/mol. The Labute approximate surface area is 150 Å². The van der Waals surface area contributed by atoms with Gasteiger partial charge in [0.05, 0.1) is 6.54 Å². The number of likely N-dealkylation sites (N-methyl/N-ethyl adjacent to an activating group) is 1. The highest BCUT2D eigenvalue weighted by Crippen LogP contribution is 2.19. The summed E-state index contributed by atoms with van der Waals surface area (Å²) < 4.78 is 0. The van der Waals surface area contributed by atoms with Crippen LogP contribution in [-0.4, -0.2) is 42.9 Å². The highest BCUT2D eigenvalue weighted by Gasteiger charge is 2.27. The zero-order chi connectivity index (χ0) is 17.0. The van der Waals surface area contributed by atoms with E-state index in [2.05, 4.69) is 17.6 Å². The Morgan fingerprint density at radius 1 is 1.33 bits per heavy atom. The molecule has 134 valence electrons. The first-order valence-corrected chi connectivity index (χ1v) is 8.23. The van der Waals surface area contributed by atoms with Gasteiger partial charge in [0.25, 0.3) is 0 Å². The number of hydrogen-bond donors (Lipinski definition) is 2. The van der Waals surface area contributed by atoms with Crippen LogP contribution in [0, 0.1) is 19.8 Å². The van der Waals surface area contributed by atoms with Crippen LogP contribution in [0.3, 0.4) is 0 Å². The van der Waals surface area contributed by atoms with Crippen LogP contribution in [0.15, 0.2) is 18.2 Å². The van der Waals surface area contributed by atoms with E-state index in [0.29, 0.717) is 6.04 Å². The highest BCUT2D eigenvalue weighted by molar-refractivity contribution is 5.95. The van der Waals surface area contributed by atoms with Crippen LogP contribution in [0.2, 0.25) is 0 Å². The molecule has 2 atom stereocenters. The van der Waals surface area contributed by atoms with Gasteiger partial charge < -0.3 is 15.5 Å². The number of piperidine rings is 1. The lowest BCUT2D eigenvalue weighted by molar-refractivity contribution is -0.137. The summed E-state index contributed by atoms with van der Waals surface area (Å²) in [7, 11) is 1.71. The molecule has 1 saturated heterocycles. The lowest BCUT2D eigenvalue weighted by Gasteiger charge is -2.30. The summed E-state index contributed by atoms with van der Waals surface area (Å²) in [5.74, 6) is -0.0734. The molecule has 2 rings (SSSR count). The molecule has 0 aliphatic carbocycles. The zero-order valence-corrected chi connectivity index (χ0v) is 15.7. The second-order valence-electron chi connectivity index (χ2n) is 6.57. The third-order valence-electron chi connectivity index (χ3n) is 4.61. The van der Waals surface area contributed by atoms with Crippen molar-refractivity contribution in [3.05, 3.63) is 29.3 Å². The summed E-state index contributed by atoms with van der Waals surface area (Å²) in [6.45, 7) is 7.03. The Balaban J connectivity index is 0.00000288. The fourth-order valence-electron chi connectivity index (χ4n) is 3.04. The van der Waals surface area contributed by atoms with Gasteiger partial charge in [-0.15, -0.1) is 12.4 Å². The van der Waals surface area contributed by atoms with Gasteiger partial charge in [0.1, 0.15) is 0 Å². The highest BCUT2D eigenvalue weighted by atomic mass is 35.5. The SMILES string of the molecule is Cc1cccc(NC(=O)CN(C)C(=O)[C@H]2CCN[C@@H](C)C2)c1C.Cl. The van der Waals surface area contributed by atoms with E-state index in [1.165, 1.54) is 0 Å². The van der Waals surface area contributed by atoms with E-state index in [4.69, 9.17) is 0 Å².